The largest absolute Gasteiger partial charge is 0.490 e. The highest BCUT2D eigenvalue weighted by molar-refractivity contribution is 5.44. The van der Waals surface area contributed by atoms with E-state index in [2.05, 4.69) is 29.3 Å². The third-order valence-electron chi connectivity index (χ3n) is 4.35. The molecule has 2 aliphatic heterocycles. The summed E-state index contributed by atoms with van der Waals surface area (Å²) in [5.74, 6) is 1.76. The Labute approximate surface area is 127 Å². The molecule has 3 rings (SSSR count). The molecule has 0 spiro atoms. The smallest absolute Gasteiger partial charge is 0.161 e. The van der Waals surface area contributed by atoms with Crippen molar-refractivity contribution >= 4 is 0 Å². The summed E-state index contributed by atoms with van der Waals surface area (Å²) < 4.78 is 11.4. The lowest BCUT2D eigenvalue weighted by atomic mass is 10.1. The minimum Gasteiger partial charge on any atom is -0.490 e. The van der Waals surface area contributed by atoms with E-state index in [1.165, 1.54) is 31.5 Å². The van der Waals surface area contributed by atoms with Gasteiger partial charge in [0, 0.05) is 25.6 Å². The van der Waals surface area contributed by atoms with E-state index in [4.69, 9.17) is 9.47 Å². The van der Waals surface area contributed by atoms with Crippen molar-refractivity contribution < 1.29 is 9.47 Å². The van der Waals surface area contributed by atoms with Crippen LogP contribution in [0.15, 0.2) is 18.2 Å². The summed E-state index contributed by atoms with van der Waals surface area (Å²) >= 11 is 0. The monoisotopic (exact) mass is 290 g/mol. The molecule has 2 aliphatic rings. The van der Waals surface area contributed by atoms with Crippen molar-refractivity contribution in [2.75, 3.05) is 39.4 Å². The molecule has 0 aliphatic carbocycles. The van der Waals surface area contributed by atoms with Crippen LogP contribution in [0.4, 0.5) is 0 Å². The zero-order valence-corrected chi connectivity index (χ0v) is 12.9. The zero-order chi connectivity index (χ0) is 14.5. The SMILES string of the molecule is CC(NCCN1CCCC1)c1ccc2c(c1)OCCCO2. The summed E-state index contributed by atoms with van der Waals surface area (Å²) in [5, 5.41) is 3.61. The van der Waals surface area contributed by atoms with Crippen LogP contribution in [0.2, 0.25) is 0 Å². The molecule has 21 heavy (non-hydrogen) atoms. The van der Waals surface area contributed by atoms with Crippen LogP contribution >= 0.6 is 0 Å². The Morgan fingerprint density at radius 2 is 1.86 bits per heavy atom. The third kappa shape index (κ3) is 3.89. The Kier molecular flexibility index (Phi) is 4.99. The highest BCUT2D eigenvalue weighted by Gasteiger charge is 2.14. The first-order valence-corrected chi connectivity index (χ1v) is 8.18. The normalized spacial score (nSPS) is 20.2. The second-order valence-corrected chi connectivity index (χ2v) is 5.98. The molecule has 1 fully saturated rings. The lowest BCUT2D eigenvalue weighted by Crippen LogP contribution is -2.31. The molecule has 1 unspecified atom stereocenters. The average Bonchev–Trinajstić information content (AvgIpc) is 2.90. The van der Waals surface area contributed by atoms with Gasteiger partial charge < -0.3 is 19.7 Å². The molecule has 4 nitrogen and oxygen atoms in total. The van der Waals surface area contributed by atoms with Crippen molar-refractivity contribution in [1.29, 1.82) is 0 Å². The van der Waals surface area contributed by atoms with Crippen molar-refractivity contribution in [3.05, 3.63) is 23.8 Å². The quantitative estimate of drug-likeness (QED) is 0.904. The summed E-state index contributed by atoms with van der Waals surface area (Å²) in [6.07, 6.45) is 3.67. The summed E-state index contributed by atoms with van der Waals surface area (Å²) in [7, 11) is 0. The number of hydrogen-bond donors (Lipinski definition) is 1. The number of likely N-dealkylation sites (tertiary alicyclic amines) is 1. The Morgan fingerprint density at radius 1 is 1.10 bits per heavy atom. The molecular weight excluding hydrogens is 264 g/mol. The fourth-order valence-corrected chi connectivity index (χ4v) is 3.01. The van der Waals surface area contributed by atoms with Gasteiger partial charge in [0.15, 0.2) is 11.5 Å². The van der Waals surface area contributed by atoms with Gasteiger partial charge in [-0.2, -0.15) is 0 Å². The van der Waals surface area contributed by atoms with Crippen LogP contribution < -0.4 is 14.8 Å². The predicted molar refractivity (Wildman–Crippen MR) is 84.1 cm³/mol. The summed E-state index contributed by atoms with van der Waals surface area (Å²) in [4.78, 5) is 2.54. The first-order valence-electron chi connectivity index (χ1n) is 8.18. The zero-order valence-electron chi connectivity index (χ0n) is 12.9. The second-order valence-electron chi connectivity index (χ2n) is 5.98. The number of nitrogens with one attached hydrogen (secondary N) is 1. The van der Waals surface area contributed by atoms with Gasteiger partial charge in [-0.15, -0.1) is 0 Å². The molecule has 0 saturated carbocycles. The van der Waals surface area contributed by atoms with Crippen molar-refractivity contribution in [2.24, 2.45) is 0 Å². The molecule has 1 N–H and O–H groups in total. The molecule has 0 amide bonds. The Bertz CT molecular complexity index is 458. The lowest BCUT2D eigenvalue weighted by molar-refractivity contribution is 0.297. The van der Waals surface area contributed by atoms with Crippen molar-refractivity contribution in [3.63, 3.8) is 0 Å². The Balaban J connectivity index is 1.54. The van der Waals surface area contributed by atoms with E-state index in [0.29, 0.717) is 6.04 Å². The van der Waals surface area contributed by atoms with Gasteiger partial charge >= 0.3 is 0 Å². The molecule has 116 valence electrons. The van der Waals surface area contributed by atoms with E-state index in [1.807, 2.05) is 6.07 Å². The van der Waals surface area contributed by atoms with Gasteiger partial charge in [-0.3, -0.25) is 0 Å². The van der Waals surface area contributed by atoms with Gasteiger partial charge in [0.2, 0.25) is 0 Å². The van der Waals surface area contributed by atoms with Crippen LogP contribution in [0.25, 0.3) is 0 Å². The predicted octanol–water partition coefficient (Wildman–Crippen LogP) is 2.59. The molecule has 4 heteroatoms. The third-order valence-corrected chi connectivity index (χ3v) is 4.35. The minimum absolute atomic E-state index is 0.338. The van der Waals surface area contributed by atoms with E-state index < -0.39 is 0 Å². The standard InChI is InChI=1S/C17H26N2O2/c1-14(18-7-10-19-8-2-3-9-19)15-5-6-16-17(13-15)21-12-4-11-20-16/h5-6,13-14,18H,2-4,7-12H2,1H3. The van der Waals surface area contributed by atoms with Crippen LogP contribution in [0.1, 0.15) is 37.8 Å². The number of fused-ring (bicyclic) bond motifs is 1. The maximum Gasteiger partial charge on any atom is 0.161 e. The molecule has 0 radical (unpaired) electrons. The van der Waals surface area contributed by atoms with Gasteiger partial charge in [-0.25, -0.2) is 0 Å². The molecule has 1 aromatic rings. The highest BCUT2D eigenvalue weighted by atomic mass is 16.5. The van der Waals surface area contributed by atoms with E-state index in [9.17, 15) is 0 Å². The van der Waals surface area contributed by atoms with Gasteiger partial charge in [0.1, 0.15) is 0 Å². The maximum atomic E-state index is 5.76. The number of rotatable bonds is 5. The van der Waals surface area contributed by atoms with Crippen molar-refractivity contribution in [2.45, 2.75) is 32.2 Å². The van der Waals surface area contributed by atoms with Crippen molar-refractivity contribution in [1.82, 2.24) is 10.2 Å². The molecular formula is C17H26N2O2. The van der Waals surface area contributed by atoms with Crippen LogP contribution in [0, 0.1) is 0 Å². The molecule has 2 heterocycles. The Morgan fingerprint density at radius 3 is 2.67 bits per heavy atom. The lowest BCUT2D eigenvalue weighted by Gasteiger charge is -2.19. The van der Waals surface area contributed by atoms with Gasteiger partial charge in [0.05, 0.1) is 13.2 Å². The first kappa shape index (κ1) is 14.7. The van der Waals surface area contributed by atoms with Crippen LogP contribution in [-0.2, 0) is 0 Å². The van der Waals surface area contributed by atoms with E-state index in [1.54, 1.807) is 0 Å². The first-order chi connectivity index (χ1) is 10.3. The summed E-state index contributed by atoms with van der Waals surface area (Å²) in [6.45, 7) is 8.41. The average molecular weight is 290 g/mol. The van der Waals surface area contributed by atoms with E-state index in [0.717, 1.165) is 44.2 Å². The van der Waals surface area contributed by atoms with E-state index >= 15 is 0 Å². The number of benzene rings is 1. The van der Waals surface area contributed by atoms with Crippen molar-refractivity contribution in [3.8, 4) is 11.5 Å². The fourth-order valence-electron chi connectivity index (χ4n) is 3.01. The van der Waals surface area contributed by atoms with Crippen LogP contribution in [0.5, 0.6) is 11.5 Å². The molecule has 0 bridgehead atoms. The number of nitrogens with zero attached hydrogens (tertiary/aromatic N) is 1. The molecule has 1 aromatic carbocycles. The van der Waals surface area contributed by atoms with Gasteiger partial charge in [-0.1, -0.05) is 6.07 Å². The van der Waals surface area contributed by atoms with Gasteiger partial charge in [0.25, 0.3) is 0 Å². The minimum atomic E-state index is 0.338. The van der Waals surface area contributed by atoms with E-state index in [-0.39, 0.29) is 0 Å². The Hall–Kier alpha value is -1.26. The second kappa shape index (κ2) is 7.14. The highest BCUT2D eigenvalue weighted by Crippen LogP contribution is 2.32. The number of hydrogen-bond acceptors (Lipinski definition) is 4. The summed E-state index contributed by atoms with van der Waals surface area (Å²) in [6, 6.07) is 6.63. The molecule has 0 aromatic heterocycles. The molecule has 1 saturated heterocycles. The van der Waals surface area contributed by atoms with Crippen LogP contribution in [0.3, 0.4) is 0 Å². The summed E-state index contributed by atoms with van der Waals surface area (Å²) in [5.41, 5.74) is 1.26. The fraction of sp³-hybridized carbons (Fsp3) is 0.647. The topological polar surface area (TPSA) is 33.7 Å². The van der Waals surface area contributed by atoms with Crippen LogP contribution in [-0.4, -0.2) is 44.3 Å². The maximum absolute atomic E-state index is 5.76. The van der Waals surface area contributed by atoms with Gasteiger partial charge in [-0.05, 0) is 50.6 Å². The number of ether oxygens (including phenoxy) is 2. The molecule has 1 atom stereocenters.